The largest absolute Gasteiger partial charge is 0.311 e. The second-order valence-corrected chi connectivity index (χ2v) is 21.6. The first-order valence-corrected chi connectivity index (χ1v) is 27.8. The van der Waals surface area contributed by atoms with E-state index < -0.39 is 0 Å². The van der Waals surface area contributed by atoms with E-state index in [0.717, 1.165) is 37.1 Å². The van der Waals surface area contributed by atoms with Crippen molar-refractivity contribution in [3.63, 3.8) is 0 Å². The molecule has 0 saturated carbocycles. The van der Waals surface area contributed by atoms with Crippen molar-refractivity contribution in [3.05, 3.63) is 271 Å². The van der Waals surface area contributed by atoms with Crippen molar-refractivity contribution in [3.8, 4) is 33.4 Å². The maximum atomic E-state index is 2.61. The van der Waals surface area contributed by atoms with Gasteiger partial charge >= 0.3 is 0 Å². The molecule has 2 atom stereocenters. The highest BCUT2D eigenvalue weighted by Gasteiger charge is 2.49. The minimum absolute atomic E-state index is 0.00107. The molecule has 0 heterocycles. The van der Waals surface area contributed by atoms with Crippen molar-refractivity contribution in [2.45, 2.75) is 70.1 Å². The second-order valence-electron chi connectivity index (χ2n) is 21.6. The number of nitrogens with zero attached hydrogens (tertiary/aromatic N) is 2. The van der Waals surface area contributed by atoms with Crippen molar-refractivity contribution in [1.29, 1.82) is 0 Å². The van der Waals surface area contributed by atoms with E-state index in [-0.39, 0.29) is 10.8 Å². The Balaban J connectivity index is 0.852. The van der Waals surface area contributed by atoms with Gasteiger partial charge in [0.2, 0.25) is 0 Å². The second kappa shape index (κ2) is 18.1. The van der Waals surface area contributed by atoms with Crippen LogP contribution >= 0.6 is 0 Å². The maximum absolute atomic E-state index is 2.61. The Bertz CT molecular complexity index is 3970. The molecule has 0 radical (unpaired) electrons. The van der Waals surface area contributed by atoms with E-state index in [0.29, 0.717) is 11.8 Å². The SMILES string of the molecule is CCC1(CC)c2cc(-c3ccc4ccc5c(-c6ccc7c(c6)C(CC)(CC)C6C=C(N(c8ccccc8)c8ccccc8)C=CC76)ccc6ccc3c4c65)ccc2-c2ccc(N(c3ccccc3)c3ccccc3)cc21. The molecule has 0 N–H and O–H groups in total. The Kier molecular flexibility index (Phi) is 11.0. The number of anilines is 5. The van der Waals surface area contributed by atoms with E-state index in [1.807, 2.05) is 0 Å². The summed E-state index contributed by atoms with van der Waals surface area (Å²) < 4.78 is 0. The number of hydrogen-bond donors (Lipinski definition) is 0. The van der Waals surface area contributed by atoms with Crippen molar-refractivity contribution >= 4 is 60.8 Å². The molecule has 0 aliphatic heterocycles. The molecule has 2 unspecified atom stereocenters. The van der Waals surface area contributed by atoms with Gasteiger partial charge in [-0.3, -0.25) is 0 Å². The van der Waals surface area contributed by atoms with Crippen LogP contribution in [0.25, 0.3) is 65.7 Å². The Labute approximate surface area is 448 Å². The Morgan fingerprint density at radius 1 is 0.382 bits per heavy atom. The molecule has 3 aliphatic carbocycles. The van der Waals surface area contributed by atoms with Crippen LogP contribution in [0.5, 0.6) is 0 Å². The van der Waals surface area contributed by atoms with Crippen LogP contribution in [-0.2, 0) is 10.8 Å². The molecular weight excluding hydrogens is 917 g/mol. The molecule has 0 fully saturated rings. The smallest absolute Gasteiger partial charge is 0.0465 e. The third-order valence-electron chi connectivity index (χ3n) is 18.5. The van der Waals surface area contributed by atoms with E-state index in [4.69, 9.17) is 0 Å². The molecule has 2 nitrogen and oxygen atoms in total. The quantitative estimate of drug-likeness (QED) is 0.113. The highest BCUT2D eigenvalue weighted by molar-refractivity contribution is 6.27. The molecule has 0 aromatic heterocycles. The first-order chi connectivity index (χ1) is 37.5. The highest BCUT2D eigenvalue weighted by Crippen LogP contribution is 2.59. The molecule has 2 heteroatoms. The summed E-state index contributed by atoms with van der Waals surface area (Å²) in [6.45, 7) is 9.61. The molecular formula is C74H62N2. The van der Waals surface area contributed by atoms with Gasteiger partial charge in [-0.15, -0.1) is 0 Å². The Hall–Kier alpha value is -8.46. The third kappa shape index (κ3) is 6.86. The fourth-order valence-electron chi connectivity index (χ4n) is 14.7. The molecule has 76 heavy (non-hydrogen) atoms. The lowest BCUT2D eigenvalue weighted by Gasteiger charge is -2.38. The lowest BCUT2D eigenvalue weighted by atomic mass is 9.67. The van der Waals surface area contributed by atoms with Gasteiger partial charge in [0, 0.05) is 50.9 Å². The van der Waals surface area contributed by atoms with Gasteiger partial charge in [0.25, 0.3) is 0 Å². The zero-order chi connectivity index (χ0) is 51.1. The molecule has 3 aliphatic rings. The van der Waals surface area contributed by atoms with Crippen LogP contribution in [0.1, 0.15) is 81.5 Å². The number of benzene rings is 11. The topological polar surface area (TPSA) is 6.48 Å². The third-order valence-corrected chi connectivity index (χ3v) is 18.5. The van der Waals surface area contributed by atoms with E-state index in [1.165, 1.54) is 111 Å². The van der Waals surface area contributed by atoms with Crippen molar-refractivity contribution in [2.75, 3.05) is 9.80 Å². The predicted octanol–water partition coefficient (Wildman–Crippen LogP) is 20.5. The van der Waals surface area contributed by atoms with Gasteiger partial charge < -0.3 is 9.80 Å². The zero-order valence-corrected chi connectivity index (χ0v) is 44.0. The van der Waals surface area contributed by atoms with Crippen LogP contribution in [-0.4, -0.2) is 0 Å². The lowest BCUT2D eigenvalue weighted by Crippen LogP contribution is -2.32. The van der Waals surface area contributed by atoms with Crippen molar-refractivity contribution < 1.29 is 0 Å². The monoisotopic (exact) mass is 978 g/mol. The fraction of sp³-hybridized carbons (Fsp3) is 0.162. The van der Waals surface area contributed by atoms with E-state index >= 15 is 0 Å². The van der Waals surface area contributed by atoms with Gasteiger partial charge in [0.1, 0.15) is 0 Å². The Morgan fingerprint density at radius 2 is 0.829 bits per heavy atom. The molecule has 368 valence electrons. The predicted molar refractivity (Wildman–Crippen MR) is 323 cm³/mol. The van der Waals surface area contributed by atoms with Crippen LogP contribution < -0.4 is 9.80 Å². The standard InChI is InChI=1S/C74H62N2/c1-5-73(6-2)67-45-51(33-39-61(67)63-43-35-57(47-69(63)73)75(53-21-13-9-14-22-53)54-23-15-10-16-24-54)59-37-29-49-32-42-66-60(38-30-50-31-41-65(59)71(49)72(50)66)52-34-40-62-64-44-36-58(48-70(64)74(7-3,8-4)68(62)46-52)76(55-25-17-11-18-26-55)56-27-19-12-20-28-56/h9-48,63,69H,5-8H2,1-4H3. The van der Waals surface area contributed by atoms with Crippen molar-refractivity contribution in [1.82, 2.24) is 0 Å². The minimum Gasteiger partial charge on any atom is -0.311 e. The van der Waals surface area contributed by atoms with Crippen molar-refractivity contribution in [2.24, 2.45) is 5.92 Å². The van der Waals surface area contributed by atoms with Gasteiger partial charge in [-0.1, -0.05) is 198 Å². The summed E-state index contributed by atoms with van der Waals surface area (Å²) >= 11 is 0. The molecule has 0 amide bonds. The Morgan fingerprint density at radius 3 is 1.34 bits per heavy atom. The van der Waals surface area contributed by atoms with E-state index in [2.05, 4.69) is 280 Å². The summed E-state index contributed by atoms with van der Waals surface area (Å²) in [7, 11) is 0. The summed E-state index contributed by atoms with van der Waals surface area (Å²) in [4.78, 5) is 4.83. The minimum atomic E-state index is -0.116. The summed E-state index contributed by atoms with van der Waals surface area (Å²) in [6, 6.07) is 84.4. The molecule has 14 rings (SSSR count). The number of para-hydroxylation sites is 4. The van der Waals surface area contributed by atoms with Gasteiger partial charge in [0.15, 0.2) is 0 Å². The molecule has 11 aromatic carbocycles. The average molecular weight is 979 g/mol. The van der Waals surface area contributed by atoms with Gasteiger partial charge in [-0.05, 0) is 192 Å². The number of rotatable bonds is 12. The summed E-state index contributed by atoms with van der Waals surface area (Å²) in [5.74, 6) is 0.675. The molecule has 0 bridgehead atoms. The maximum Gasteiger partial charge on any atom is 0.0465 e. The zero-order valence-electron chi connectivity index (χ0n) is 44.0. The van der Waals surface area contributed by atoms with Crippen LogP contribution in [0.3, 0.4) is 0 Å². The summed E-state index contributed by atoms with van der Waals surface area (Å²) in [5, 5.41) is 7.93. The van der Waals surface area contributed by atoms with Crippen LogP contribution in [0.4, 0.5) is 28.4 Å². The van der Waals surface area contributed by atoms with Gasteiger partial charge in [-0.2, -0.15) is 0 Å². The summed E-state index contributed by atoms with van der Waals surface area (Å²) in [5.41, 5.74) is 20.8. The number of hydrogen-bond acceptors (Lipinski definition) is 2. The molecule has 0 spiro atoms. The van der Waals surface area contributed by atoms with E-state index in [9.17, 15) is 0 Å². The first-order valence-electron chi connectivity index (χ1n) is 27.8. The highest BCUT2D eigenvalue weighted by atomic mass is 15.2. The van der Waals surface area contributed by atoms with Crippen LogP contribution in [0.2, 0.25) is 0 Å². The van der Waals surface area contributed by atoms with Gasteiger partial charge in [0.05, 0.1) is 0 Å². The first kappa shape index (κ1) is 46.1. The fourth-order valence-corrected chi connectivity index (χ4v) is 14.7. The lowest BCUT2D eigenvalue weighted by molar-refractivity contribution is 0.304. The number of allylic oxidation sites excluding steroid dienone is 3. The summed E-state index contributed by atoms with van der Waals surface area (Å²) in [6.07, 6.45) is 11.7. The van der Waals surface area contributed by atoms with Crippen LogP contribution in [0.15, 0.2) is 248 Å². The van der Waals surface area contributed by atoms with Gasteiger partial charge in [-0.25, -0.2) is 0 Å². The average Bonchev–Trinajstić information content (AvgIpc) is 4.09. The molecule has 0 saturated heterocycles. The number of fused-ring (bicyclic) bond motifs is 6. The molecule has 11 aromatic rings. The normalized spacial score (nSPS) is 16.6. The van der Waals surface area contributed by atoms with Crippen LogP contribution in [0, 0.1) is 5.92 Å². The van der Waals surface area contributed by atoms with E-state index in [1.54, 1.807) is 0 Å².